The van der Waals surface area contributed by atoms with Crippen LogP contribution >= 0.6 is 0 Å². The number of piperidine rings is 1. The average Bonchev–Trinajstić information content (AvgIpc) is 3.03. The molecule has 1 spiro atoms. The van der Waals surface area contributed by atoms with Gasteiger partial charge in [0.25, 0.3) is 0 Å². The van der Waals surface area contributed by atoms with Crippen molar-refractivity contribution in [3.05, 3.63) is 17.5 Å². The van der Waals surface area contributed by atoms with Gasteiger partial charge in [-0.1, -0.05) is 0 Å². The van der Waals surface area contributed by atoms with E-state index in [1.807, 2.05) is 18.7 Å². The van der Waals surface area contributed by atoms with Crippen LogP contribution in [0, 0.1) is 18.3 Å². The van der Waals surface area contributed by atoms with Gasteiger partial charge in [0.1, 0.15) is 0 Å². The first-order chi connectivity index (χ1) is 11.7. The van der Waals surface area contributed by atoms with Gasteiger partial charge < -0.3 is 4.74 Å². The van der Waals surface area contributed by atoms with E-state index in [1.165, 1.54) is 11.9 Å². The van der Waals surface area contributed by atoms with Gasteiger partial charge in [0.2, 0.25) is 10.0 Å². The van der Waals surface area contributed by atoms with Crippen molar-refractivity contribution >= 4 is 10.0 Å². The highest BCUT2D eigenvalue weighted by molar-refractivity contribution is 7.88. The zero-order valence-electron chi connectivity index (χ0n) is 15.7. The number of aromatic nitrogens is 2. The SMILES string of the molecule is COC[C@@H]1CN(S(C)(=O)=O)CC12CCN(Cc1cc(C)nn1C)CC2. The number of rotatable bonds is 5. The minimum atomic E-state index is -3.14. The molecule has 0 aliphatic carbocycles. The Bertz CT molecular complexity index is 707. The predicted molar refractivity (Wildman–Crippen MR) is 96.7 cm³/mol. The van der Waals surface area contributed by atoms with Crippen LogP contribution in [0.3, 0.4) is 0 Å². The fourth-order valence-corrected chi connectivity index (χ4v) is 5.37. The second kappa shape index (κ2) is 6.98. The first-order valence-corrected chi connectivity index (χ1v) is 10.7. The number of methoxy groups -OCH3 is 1. The number of sulfonamides is 1. The van der Waals surface area contributed by atoms with E-state index in [9.17, 15) is 8.42 Å². The Kier molecular flexibility index (Phi) is 5.26. The van der Waals surface area contributed by atoms with E-state index < -0.39 is 10.0 Å². The molecule has 3 heterocycles. The molecule has 25 heavy (non-hydrogen) atoms. The summed E-state index contributed by atoms with van der Waals surface area (Å²) in [5, 5.41) is 4.42. The minimum absolute atomic E-state index is 0.0535. The molecule has 142 valence electrons. The van der Waals surface area contributed by atoms with E-state index in [-0.39, 0.29) is 11.3 Å². The van der Waals surface area contributed by atoms with Gasteiger partial charge in [-0.3, -0.25) is 9.58 Å². The van der Waals surface area contributed by atoms with E-state index in [1.54, 1.807) is 11.4 Å². The van der Waals surface area contributed by atoms with Gasteiger partial charge in [-0.25, -0.2) is 12.7 Å². The molecule has 2 saturated heterocycles. The highest BCUT2D eigenvalue weighted by Crippen LogP contribution is 2.45. The van der Waals surface area contributed by atoms with Gasteiger partial charge in [0.05, 0.1) is 24.3 Å². The molecule has 0 saturated carbocycles. The van der Waals surface area contributed by atoms with Crippen LogP contribution in [0.15, 0.2) is 6.07 Å². The van der Waals surface area contributed by atoms with E-state index in [4.69, 9.17) is 4.74 Å². The average molecular weight is 371 g/mol. The molecule has 0 radical (unpaired) electrons. The van der Waals surface area contributed by atoms with Crippen molar-refractivity contribution in [2.45, 2.75) is 26.3 Å². The largest absolute Gasteiger partial charge is 0.384 e. The van der Waals surface area contributed by atoms with Crippen LogP contribution in [0.5, 0.6) is 0 Å². The van der Waals surface area contributed by atoms with Crippen LogP contribution in [0.2, 0.25) is 0 Å². The van der Waals surface area contributed by atoms with Crippen LogP contribution in [-0.2, 0) is 28.4 Å². The number of hydrogen-bond acceptors (Lipinski definition) is 5. The summed E-state index contributed by atoms with van der Waals surface area (Å²) in [5.74, 6) is 0.285. The zero-order chi connectivity index (χ0) is 18.2. The summed E-state index contributed by atoms with van der Waals surface area (Å²) in [6.45, 7) is 6.75. The number of ether oxygens (including phenoxy) is 1. The molecular formula is C17H30N4O3S. The van der Waals surface area contributed by atoms with Crippen molar-refractivity contribution in [1.29, 1.82) is 0 Å². The summed E-state index contributed by atoms with van der Waals surface area (Å²) in [5.41, 5.74) is 2.33. The molecule has 0 N–H and O–H groups in total. The van der Waals surface area contributed by atoms with E-state index in [2.05, 4.69) is 16.1 Å². The van der Waals surface area contributed by atoms with Crippen molar-refractivity contribution in [3.8, 4) is 0 Å². The number of nitrogens with zero attached hydrogens (tertiary/aromatic N) is 4. The summed E-state index contributed by atoms with van der Waals surface area (Å²) < 4.78 is 33.1. The molecule has 0 bridgehead atoms. The van der Waals surface area contributed by atoms with Crippen LogP contribution in [-0.4, -0.2) is 73.6 Å². The molecule has 2 aliphatic heterocycles. The van der Waals surface area contributed by atoms with Crippen molar-refractivity contribution in [2.24, 2.45) is 18.4 Å². The smallest absolute Gasteiger partial charge is 0.211 e. The molecule has 3 rings (SSSR count). The fourth-order valence-electron chi connectivity index (χ4n) is 4.43. The number of hydrogen-bond donors (Lipinski definition) is 0. The van der Waals surface area contributed by atoms with E-state index >= 15 is 0 Å². The highest BCUT2D eigenvalue weighted by atomic mass is 32.2. The zero-order valence-corrected chi connectivity index (χ0v) is 16.5. The second-order valence-corrected chi connectivity index (χ2v) is 9.73. The van der Waals surface area contributed by atoms with Gasteiger partial charge in [0.15, 0.2) is 0 Å². The molecule has 1 atom stereocenters. The maximum absolute atomic E-state index is 12.0. The lowest BCUT2D eigenvalue weighted by Gasteiger charge is -2.42. The summed E-state index contributed by atoms with van der Waals surface area (Å²) >= 11 is 0. The van der Waals surface area contributed by atoms with Crippen LogP contribution in [0.1, 0.15) is 24.2 Å². The molecule has 2 aliphatic rings. The van der Waals surface area contributed by atoms with E-state index in [0.29, 0.717) is 19.7 Å². The Morgan fingerprint density at radius 2 is 2.04 bits per heavy atom. The first-order valence-electron chi connectivity index (χ1n) is 8.89. The summed E-state index contributed by atoms with van der Waals surface area (Å²) in [6, 6.07) is 2.14. The fraction of sp³-hybridized carbons (Fsp3) is 0.824. The Morgan fingerprint density at radius 1 is 1.36 bits per heavy atom. The predicted octanol–water partition coefficient (Wildman–Crippen LogP) is 0.849. The minimum Gasteiger partial charge on any atom is -0.384 e. The number of aryl methyl sites for hydroxylation is 2. The molecule has 0 aromatic carbocycles. The van der Waals surface area contributed by atoms with Crippen LogP contribution in [0.4, 0.5) is 0 Å². The monoisotopic (exact) mass is 370 g/mol. The van der Waals surface area contributed by atoms with Gasteiger partial charge in [-0.05, 0) is 44.3 Å². The molecule has 0 unspecified atom stereocenters. The lowest BCUT2D eigenvalue weighted by atomic mass is 9.71. The summed E-state index contributed by atoms with van der Waals surface area (Å²) in [7, 11) is 0.553. The third-order valence-electron chi connectivity index (χ3n) is 5.95. The van der Waals surface area contributed by atoms with Crippen molar-refractivity contribution < 1.29 is 13.2 Å². The lowest BCUT2D eigenvalue weighted by molar-refractivity contribution is 0.0351. The Labute approximate surface area is 151 Å². The normalized spacial score (nSPS) is 25.0. The molecule has 2 fully saturated rings. The number of likely N-dealkylation sites (tertiary alicyclic amines) is 1. The molecular weight excluding hydrogens is 340 g/mol. The maximum Gasteiger partial charge on any atom is 0.211 e. The third-order valence-corrected chi connectivity index (χ3v) is 7.17. The second-order valence-electron chi connectivity index (χ2n) is 7.75. The van der Waals surface area contributed by atoms with E-state index in [0.717, 1.165) is 38.2 Å². The van der Waals surface area contributed by atoms with Gasteiger partial charge in [0, 0.05) is 39.7 Å². The lowest BCUT2D eigenvalue weighted by Crippen LogP contribution is -2.45. The van der Waals surface area contributed by atoms with Gasteiger partial charge >= 0.3 is 0 Å². The van der Waals surface area contributed by atoms with Crippen LogP contribution < -0.4 is 0 Å². The third kappa shape index (κ3) is 3.92. The molecule has 1 aromatic rings. The van der Waals surface area contributed by atoms with Gasteiger partial charge in [-0.15, -0.1) is 0 Å². The maximum atomic E-state index is 12.0. The molecule has 1 aromatic heterocycles. The highest BCUT2D eigenvalue weighted by Gasteiger charge is 2.50. The molecule has 7 nitrogen and oxygen atoms in total. The van der Waals surface area contributed by atoms with Crippen molar-refractivity contribution in [2.75, 3.05) is 46.2 Å². The standard InChI is InChI=1S/C17H30N4O3S/c1-14-9-16(19(2)18-14)11-20-7-5-17(6-8-20)13-21(25(4,22)23)10-15(17)12-24-3/h9,15H,5-8,10-13H2,1-4H3/t15-/m0/s1. The van der Waals surface area contributed by atoms with Crippen molar-refractivity contribution in [3.63, 3.8) is 0 Å². The topological polar surface area (TPSA) is 67.7 Å². The molecule has 0 amide bonds. The first kappa shape index (κ1) is 18.8. The Morgan fingerprint density at radius 3 is 2.56 bits per heavy atom. The Balaban J connectivity index is 1.67. The summed E-state index contributed by atoms with van der Waals surface area (Å²) in [4.78, 5) is 2.45. The van der Waals surface area contributed by atoms with Crippen molar-refractivity contribution in [1.82, 2.24) is 19.0 Å². The van der Waals surface area contributed by atoms with Gasteiger partial charge in [-0.2, -0.15) is 5.10 Å². The quantitative estimate of drug-likeness (QED) is 0.769. The van der Waals surface area contributed by atoms with Crippen LogP contribution in [0.25, 0.3) is 0 Å². The Hall–Kier alpha value is -0.960. The summed E-state index contributed by atoms with van der Waals surface area (Å²) in [6.07, 6.45) is 3.35. The molecule has 8 heteroatoms.